The molecule has 3 heterocycles. The van der Waals surface area contributed by atoms with Gasteiger partial charge in [0.25, 0.3) is 0 Å². The Bertz CT molecular complexity index is 1110. The summed E-state index contributed by atoms with van der Waals surface area (Å²) in [5.74, 6) is 0. The molecule has 0 unspecified atom stereocenters. The van der Waals surface area contributed by atoms with Crippen LogP contribution in [0, 0.1) is 6.92 Å². The lowest BCUT2D eigenvalue weighted by atomic mass is 9.66. The average Bonchev–Trinajstić information content (AvgIpc) is 3.22. The van der Waals surface area contributed by atoms with Crippen LogP contribution in [0.3, 0.4) is 0 Å². The lowest BCUT2D eigenvalue weighted by Gasteiger charge is -2.32. The predicted molar refractivity (Wildman–Crippen MR) is 143 cm³/mol. The molecule has 2 aliphatic heterocycles. The first-order valence-electron chi connectivity index (χ1n) is 11.8. The number of nitrogens with one attached hydrogen (secondary N) is 2. The minimum absolute atomic E-state index is 0. The summed E-state index contributed by atoms with van der Waals surface area (Å²) in [6.45, 7) is 25.0. The molecule has 182 valence electrons. The van der Waals surface area contributed by atoms with E-state index in [0.717, 1.165) is 44.2 Å². The molecule has 0 atom stereocenters. The van der Waals surface area contributed by atoms with Gasteiger partial charge in [-0.1, -0.05) is 6.58 Å². The van der Waals surface area contributed by atoms with Crippen molar-refractivity contribution in [1.29, 1.82) is 0 Å². The van der Waals surface area contributed by atoms with Gasteiger partial charge in [-0.05, 0) is 80.4 Å². The highest BCUT2D eigenvalue weighted by molar-refractivity contribution is 6.71. The van der Waals surface area contributed by atoms with E-state index in [-0.39, 0.29) is 2.85 Å². The van der Waals surface area contributed by atoms with Crippen molar-refractivity contribution in [2.24, 2.45) is 0 Å². The molecule has 2 N–H and O–H groups in total. The molecular weight excluding hydrogens is 414 g/mol. The van der Waals surface area contributed by atoms with Gasteiger partial charge in [0.2, 0.25) is 0 Å². The zero-order chi connectivity index (χ0) is 24.7. The van der Waals surface area contributed by atoms with Crippen molar-refractivity contribution < 1.29 is 21.5 Å². The smallest absolute Gasteiger partial charge is 0.399 e. The van der Waals surface area contributed by atoms with Crippen LogP contribution in [0.2, 0.25) is 0 Å². The zero-order valence-corrected chi connectivity index (χ0v) is 22.1. The third-order valence-electron chi connectivity index (χ3n) is 8.06. The van der Waals surface area contributed by atoms with Crippen molar-refractivity contribution in [1.82, 2.24) is 4.98 Å². The highest BCUT2D eigenvalue weighted by atomic mass is 16.7. The highest BCUT2D eigenvalue weighted by Gasteiger charge is 2.55. The van der Waals surface area contributed by atoms with Crippen LogP contribution in [-0.2, 0) is 18.6 Å². The lowest BCUT2D eigenvalue weighted by Crippen LogP contribution is -2.43. The van der Waals surface area contributed by atoms with Crippen LogP contribution in [0.4, 0.5) is 5.69 Å². The standard InChI is InChI=1S/C25H38B2N2O4.2H2/c1-14(2)16-18(26-30-22(4,5)23(6,7)31-26)21-17(15(3)13-29-21)19(20(16)28-12)27-32-24(8,9)25(10,11)33-27;;/h13,28-29H,1H2,2-12H3;2*1H. The van der Waals surface area contributed by atoms with Gasteiger partial charge in [0.15, 0.2) is 0 Å². The number of benzene rings is 1. The van der Waals surface area contributed by atoms with Crippen LogP contribution in [0.5, 0.6) is 0 Å². The maximum Gasteiger partial charge on any atom is 0.497 e. The molecule has 2 aliphatic rings. The number of anilines is 1. The van der Waals surface area contributed by atoms with Crippen molar-refractivity contribution in [3.8, 4) is 0 Å². The molecule has 6 nitrogen and oxygen atoms in total. The Labute approximate surface area is 202 Å². The summed E-state index contributed by atoms with van der Waals surface area (Å²) in [5, 5.41) is 4.51. The van der Waals surface area contributed by atoms with Gasteiger partial charge in [0.05, 0.1) is 22.4 Å². The van der Waals surface area contributed by atoms with Gasteiger partial charge in [-0.25, -0.2) is 0 Å². The second-order valence-corrected chi connectivity index (χ2v) is 11.5. The molecule has 2 aromatic rings. The van der Waals surface area contributed by atoms with E-state index in [1.165, 1.54) is 0 Å². The van der Waals surface area contributed by atoms with Gasteiger partial charge in [0.1, 0.15) is 0 Å². The number of hydrogen-bond acceptors (Lipinski definition) is 5. The number of allylic oxidation sites excluding steroid dienone is 1. The average molecular weight is 456 g/mol. The van der Waals surface area contributed by atoms with Gasteiger partial charge < -0.3 is 28.9 Å². The molecule has 0 amide bonds. The second-order valence-electron chi connectivity index (χ2n) is 11.5. The monoisotopic (exact) mass is 456 g/mol. The Kier molecular flexibility index (Phi) is 5.46. The molecule has 2 saturated heterocycles. The van der Waals surface area contributed by atoms with Crippen LogP contribution in [0.25, 0.3) is 16.5 Å². The summed E-state index contributed by atoms with van der Waals surface area (Å²) in [6, 6.07) is 0. The molecule has 0 aliphatic carbocycles. The maximum absolute atomic E-state index is 6.52. The third-order valence-corrected chi connectivity index (χ3v) is 8.06. The van der Waals surface area contributed by atoms with E-state index in [4.69, 9.17) is 18.6 Å². The molecule has 0 radical (unpaired) electrons. The van der Waals surface area contributed by atoms with Gasteiger partial charge in [-0.2, -0.15) is 0 Å². The van der Waals surface area contributed by atoms with E-state index in [2.05, 4.69) is 79.2 Å². The molecule has 8 heteroatoms. The van der Waals surface area contributed by atoms with Crippen LogP contribution in [0.15, 0.2) is 12.8 Å². The van der Waals surface area contributed by atoms with Crippen molar-refractivity contribution in [2.45, 2.75) is 91.6 Å². The topological polar surface area (TPSA) is 64.7 Å². The second kappa shape index (κ2) is 7.38. The lowest BCUT2D eigenvalue weighted by molar-refractivity contribution is 0.00578. The van der Waals surface area contributed by atoms with E-state index in [1.54, 1.807) is 0 Å². The predicted octanol–water partition coefficient (Wildman–Crippen LogP) is 4.64. The Balaban J connectivity index is 0.00000216. The molecular formula is C25H42B2N2O4. The van der Waals surface area contributed by atoms with Crippen LogP contribution >= 0.6 is 0 Å². The first-order chi connectivity index (χ1) is 15.0. The molecule has 1 aromatic heterocycles. The number of rotatable bonds is 4. The highest BCUT2D eigenvalue weighted by Crippen LogP contribution is 2.41. The van der Waals surface area contributed by atoms with Crippen LogP contribution < -0.4 is 16.2 Å². The normalized spacial score (nSPS) is 22.9. The molecule has 33 heavy (non-hydrogen) atoms. The fourth-order valence-electron chi connectivity index (χ4n) is 4.70. The summed E-state index contributed by atoms with van der Waals surface area (Å²) in [4.78, 5) is 3.50. The summed E-state index contributed by atoms with van der Waals surface area (Å²) >= 11 is 0. The Morgan fingerprint density at radius 1 is 0.879 bits per heavy atom. The van der Waals surface area contributed by atoms with E-state index >= 15 is 0 Å². The van der Waals surface area contributed by atoms with Crippen molar-refractivity contribution >= 4 is 47.3 Å². The van der Waals surface area contributed by atoms with Crippen LogP contribution in [0.1, 0.15) is 76.3 Å². The van der Waals surface area contributed by atoms with Crippen molar-refractivity contribution in [3.05, 3.63) is 23.9 Å². The molecule has 0 spiro atoms. The molecule has 2 fully saturated rings. The van der Waals surface area contributed by atoms with Gasteiger partial charge in [0, 0.05) is 49.2 Å². The summed E-state index contributed by atoms with van der Waals surface area (Å²) in [5.41, 5.74) is 5.00. The van der Waals surface area contributed by atoms with E-state index in [9.17, 15) is 0 Å². The SMILES string of the molecule is C=C(C)c1c(NC)c(B2OC(C)(C)C(C)(C)O2)c2c(C)c[nH]c2c1B1OC(C)(C)C(C)(C)O1.[HH].[HH]. The van der Waals surface area contributed by atoms with Crippen molar-refractivity contribution in [2.75, 3.05) is 12.4 Å². The molecule has 4 rings (SSSR count). The molecule has 0 bridgehead atoms. The molecule has 0 saturated carbocycles. The number of aromatic amines is 1. The van der Waals surface area contributed by atoms with Crippen LogP contribution in [-0.4, -0.2) is 48.7 Å². The minimum atomic E-state index is -0.540. The minimum Gasteiger partial charge on any atom is -0.399 e. The summed E-state index contributed by atoms with van der Waals surface area (Å²) < 4.78 is 26.1. The van der Waals surface area contributed by atoms with Gasteiger partial charge >= 0.3 is 14.2 Å². The maximum atomic E-state index is 6.52. The zero-order valence-electron chi connectivity index (χ0n) is 22.1. The Morgan fingerprint density at radius 2 is 1.30 bits per heavy atom. The third kappa shape index (κ3) is 3.49. The first kappa shape index (κ1) is 24.4. The summed E-state index contributed by atoms with van der Waals surface area (Å²) in [7, 11) is 0.861. The van der Waals surface area contributed by atoms with Crippen molar-refractivity contribution in [3.63, 3.8) is 0 Å². The fraction of sp³-hybridized carbons (Fsp3) is 0.600. The van der Waals surface area contributed by atoms with E-state index < -0.39 is 36.6 Å². The Hall–Kier alpha value is -1.73. The number of aromatic nitrogens is 1. The number of aryl methyl sites for hydroxylation is 1. The number of hydrogen-bond donors (Lipinski definition) is 2. The fourth-order valence-corrected chi connectivity index (χ4v) is 4.70. The van der Waals surface area contributed by atoms with Gasteiger partial charge in [-0.15, -0.1) is 0 Å². The molecule has 1 aromatic carbocycles. The Morgan fingerprint density at radius 3 is 1.70 bits per heavy atom. The van der Waals surface area contributed by atoms with E-state index in [0.29, 0.717) is 0 Å². The number of H-pyrrole nitrogens is 1. The van der Waals surface area contributed by atoms with E-state index in [1.807, 2.05) is 20.2 Å². The first-order valence-corrected chi connectivity index (χ1v) is 11.8. The quantitative estimate of drug-likeness (QED) is 0.657. The largest absolute Gasteiger partial charge is 0.497 e. The van der Waals surface area contributed by atoms with Gasteiger partial charge in [-0.3, -0.25) is 0 Å². The summed E-state index contributed by atoms with van der Waals surface area (Å²) in [6.07, 6.45) is 2.02. The number of fused-ring (bicyclic) bond motifs is 1.